The molecule has 31 heavy (non-hydrogen) atoms. The van der Waals surface area contributed by atoms with Crippen molar-refractivity contribution in [1.82, 2.24) is 14.5 Å². The van der Waals surface area contributed by atoms with Crippen molar-refractivity contribution >= 4 is 35.2 Å². The average molecular weight is 440 g/mol. The van der Waals surface area contributed by atoms with Crippen molar-refractivity contribution in [2.45, 2.75) is 32.9 Å². The van der Waals surface area contributed by atoms with Gasteiger partial charge in [0.25, 0.3) is 0 Å². The Morgan fingerprint density at radius 1 is 1.19 bits per heavy atom. The van der Waals surface area contributed by atoms with Crippen LogP contribution in [0.25, 0.3) is 17.5 Å². The highest BCUT2D eigenvalue weighted by Gasteiger charge is 2.30. The molecule has 0 radical (unpaired) electrons. The molecular weight excluding hydrogens is 417 g/mol. The fourth-order valence-corrected chi connectivity index (χ4v) is 3.47. The van der Waals surface area contributed by atoms with E-state index in [1.165, 1.54) is 17.0 Å². The number of fused-ring (bicyclic) bond motifs is 1. The van der Waals surface area contributed by atoms with Crippen LogP contribution in [-0.4, -0.2) is 25.9 Å². The summed E-state index contributed by atoms with van der Waals surface area (Å²) in [6.07, 6.45) is 3.43. The normalized spacial score (nSPS) is 13.3. The first-order valence-electron chi connectivity index (χ1n) is 9.82. The molecule has 0 spiro atoms. The Morgan fingerprint density at radius 2 is 1.90 bits per heavy atom. The molecule has 0 fully saturated rings. The van der Waals surface area contributed by atoms with Crippen molar-refractivity contribution in [3.63, 3.8) is 0 Å². The standard InChI is InChI=1S/C23H23ClFN5O/c1-14-4-7-16(8-5-14)27-21-20(15-6-9-17(24)18(25)12-15)28-19-13-29(10-11-30(19)21)22(31)23(2,3)26/h4-12,27H,13,26H2,1-3H3. The molecule has 8 heteroatoms. The van der Waals surface area contributed by atoms with Crippen LogP contribution < -0.4 is 11.1 Å². The van der Waals surface area contributed by atoms with Gasteiger partial charge in [-0.25, -0.2) is 9.37 Å². The number of aryl methyl sites for hydroxylation is 1. The fourth-order valence-electron chi connectivity index (χ4n) is 3.35. The van der Waals surface area contributed by atoms with E-state index in [4.69, 9.17) is 22.3 Å². The van der Waals surface area contributed by atoms with Crippen LogP contribution in [0.1, 0.15) is 25.2 Å². The van der Waals surface area contributed by atoms with E-state index in [0.29, 0.717) is 22.9 Å². The minimum absolute atomic E-state index is 0.0441. The number of nitrogens with one attached hydrogen (secondary N) is 1. The maximum Gasteiger partial charge on any atom is 0.246 e. The second-order valence-electron chi connectivity index (χ2n) is 8.17. The second kappa shape index (κ2) is 7.83. The number of hydrogen-bond donors (Lipinski definition) is 2. The number of amides is 1. The highest BCUT2D eigenvalue weighted by Crippen LogP contribution is 2.35. The summed E-state index contributed by atoms with van der Waals surface area (Å²) in [5.41, 5.74) is 8.10. The molecule has 2 heterocycles. The third kappa shape index (κ3) is 4.19. The predicted octanol–water partition coefficient (Wildman–Crippen LogP) is 4.90. The molecule has 2 aromatic carbocycles. The molecule has 3 aromatic rings. The Morgan fingerprint density at radius 3 is 2.55 bits per heavy atom. The van der Waals surface area contributed by atoms with Gasteiger partial charge in [-0.05, 0) is 45.0 Å². The number of aromatic nitrogens is 2. The van der Waals surface area contributed by atoms with Gasteiger partial charge in [-0.15, -0.1) is 0 Å². The van der Waals surface area contributed by atoms with Crippen LogP contribution in [0.15, 0.2) is 48.7 Å². The molecule has 3 N–H and O–H groups in total. The van der Waals surface area contributed by atoms with Gasteiger partial charge in [0.1, 0.15) is 23.2 Å². The number of imidazole rings is 1. The first kappa shape index (κ1) is 21.1. The summed E-state index contributed by atoms with van der Waals surface area (Å²) >= 11 is 5.87. The van der Waals surface area contributed by atoms with E-state index in [1.807, 2.05) is 35.8 Å². The van der Waals surface area contributed by atoms with Crippen LogP contribution in [0.2, 0.25) is 5.02 Å². The zero-order chi connectivity index (χ0) is 22.3. The van der Waals surface area contributed by atoms with Crippen LogP contribution in [0, 0.1) is 12.7 Å². The second-order valence-corrected chi connectivity index (χ2v) is 8.58. The number of hydrogen-bond acceptors (Lipinski definition) is 4. The van der Waals surface area contributed by atoms with Gasteiger partial charge in [0.15, 0.2) is 0 Å². The maximum atomic E-state index is 14.2. The number of carbonyl (C=O) groups is 1. The summed E-state index contributed by atoms with van der Waals surface area (Å²) in [5.74, 6) is 0.546. The van der Waals surface area contributed by atoms with Crippen molar-refractivity contribution in [3.8, 4) is 11.3 Å². The van der Waals surface area contributed by atoms with Gasteiger partial charge >= 0.3 is 0 Å². The summed E-state index contributed by atoms with van der Waals surface area (Å²) in [4.78, 5) is 18.9. The third-order valence-electron chi connectivity index (χ3n) is 5.01. The van der Waals surface area contributed by atoms with Crippen molar-refractivity contribution in [3.05, 3.63) is 70.9 Å². The van der Waals surface area contributed by atoms with Gasteiger partial charge in [-0.2, -0.15) is 0 Å². The van der Waals surface area contributed by atoms with E-state index in [9.17, 15) is 9.18 Å². The van der Waals surface area contributed by atoms with E-state index < -0.39 is 11.4 Å². The minimum Gasteiger partial charge on any atom is -0.339 e. The molecule has 6 nitrogen and oxygen atoms in total. The topological polar surface area (TPSA) is 76.2 Å². The van der Waals surface area contributed by atoms with Gasteiger partial charge in [-0.3, -0.25) is 9.36 Å². The lowest BCUT2D eigenvalue weighted by Crippen LogP contribution is -2.49. The Hall–Kier alpha value is -3.16. The summed E-state index contributed by atoms with van der Waals surface area (Å²) in [6.45, 7) is 5.58. The first-order valence-corrected chi connectivity index (χ1v) is 10.2. The van der Waals surface area contributed by atoms with E-state index in [2.05, 4.69) is 5.32 Å². The molecule has 1 aliphatic heterocycles. The van der Waals surface area contributed by atoms with Gasteiger partial charge < -0.3 is 16.0 Å². The predicted molar refractivity (Wildman–Crippen MR) is 121 cm³/mol. The number of anilines is 2. The molecule has 0 bridgehead atoms. The molecule has 1 aliphatic rings. The Balaban J connectivity index is 1.79. The lowest BCUT2D eigenvalue weighted by atomic mass is 10.1. The summed E-state index contributed by atoms with van der Waals surface area (Å²) in [6, 6.07) is 12.5. The van der Waals surface area contributed by atoms with Crippen molar-refractivity contribution in [2.75, 3.05) is 5.32 Å². The quantitative estimate of drug-likeness (QED) is 0.606. The van der Waals surface area contributed by atoms with Crippen LogP contribution in [0.5, 0.6) is 0 Å². The summed E-state index contributed by atoms with van der Waals surface area (Å²) in [7, 11) is 0. The Bertz CT molecular complexity index is 1180. The molecule has 0 unspecified atom stereocenters. The molecule has 1 aromatic heterocycles. The van der Waals surface area contributed by atoms with Gasteiger partial charge in [0, 0.05) is 23.7 Å². The SMILES string of the molecule is Cc1ccc(Nc2c(-c3ccc(Cl)c(F)c3)nc3n2C=CN(C(=O)C(C)(C)N)C3)cc1. The van der Waals surface area contributed by atoms with Crippen LogP contribution in [0.3, 0.4) is 0 Å². The summed E-state index contributed by atoms with van der Waals surface area (Å²) < 4.78 is 16.0. The lowest BCUT2D eigenvalue weighted by molar-refractivity contribution is -0.133. The average Bonchev–Trinajstić information content (AvgIpc) is 3.08. The number of rotatable bonds is 4. The fraction of sp³-hybridized carbons (Fsp3) is 0.217. The number of carbonyl (C=O) groups excluding carboxylic acids is 1. The third-order valence-corrected chi connectivity index (χ3v) is 5.32. The van der Waals surface area contributed by atoms with Crippen LogP contribution in [0.4, 0.5) is 15.9 Å². The zero-order valence-electron chi connectivity index (χ0n) is 17.5. The highest BCUT2D eigenvalue weighted by molar-refractivity contribution is 6.30. The Labute approximate surface area is 185 Å². The molecule has 0 saturated carbocycles. The lowest BCUT2D eigenvalue weighted by Gasteiger charge is -2.28. The van der Waals surface area contributed by atoms with Gasteiger partial charge in [-0.1, -0.05) is 35.4 Å². The Kier molecular flexibility index (Phi) is 5.33. The van der Waals surface area contributed by atoms with Crippen molar-refractivity contribution in [2.24, 2.45) is 5.73 Å². The minimum atomic E-state index is -1.01. The van der Waals surface area contributed by atoms with Gasteiger partial charge in [0.05, 0.1) is 17.1 Å². The smallest absolute Gasteiger partial charge is 0.246 e. The molecule has 0 atom stereocenters. The van der Waals surface area contributed by atoms with E-state index in [-0.39, 0.29) is 17.5 Å². The summed E-state index contributed by atoms with van der Waals surface area (Å²) in [5, 5.41) is 3.42. The van der Waals surface area contributed by atoms with Crippen LogP contribution >= 0.6 is 11.6 Å². The van der Waals surface area contributed by atoms with E-state index >= 15 is 0 Å². The molecular formula is C23H23ClFN5O. The monoisotopic (exact) mass is 439 g/mol. The molecule has 0 saturated heterocycles. The largest absolute Gasteiger partial charge is 0.339 e. The molecule has 0 aliphatic carbocycles. The van der Waals surface area contributed by atoms with Crippen molar-refractivity contribution < 1.29 is 9.18 Å². The van der Waals surface area contributed by atoms with Gasteiger partial charge in [0.2, 0.25) is 5.91 Å². The van der Waals surface area contributed by atoms with E-state index in [1.54, 1.807) is 32.3 Å². The number of benzene rings is 2. The maximum absolute atomic E-state index is 14.2. The van der Waals surface area contributed by atoms with E-state index in [0.717, 1.165) is 11.3 Å². The molecule has 4 rings (SSSR count). The zero-order valence-corrected chi connectivity index (χ0v) is 18.2. The van der Waals surface area contributed by atoms with Crippen LogP contribution in [-0.2, 0) is 11.3 Å². The molecule has 160 valence electrons. The van der Waals surface area contributed by atoms with Crippen molar-refractivity contribution in [1.29, 1.82) is 0 Å². The number of nitrogens with two attached hydrogens (primary N) is 1. The highest BCUT2D eigenvalue weighted by atomic mass is 35.5. The number of halogens is 2. The molecule has 1 amide bonds. The number of nitrogens with zero attached hydrogens (tertiary/aromatic N) is 3. The first-order chi connectivity index (χ1) is 14.6.